The maximum Gasteiger partial charge on any atom is 0.213 e. The van der Waals surface area contributed by atoms with Gasteiger partial charge in [-0.15, -0.1) is 0 Å². The van der Waals surface area contributed by atoms with Crippen LogP contribution in [0.4, 0.5) is 0 Å². The lowest BCUT2D eigenvalue weighted by atomic mass is 9.61. The lowest BCUT2D eigenvalue weighted by molar-refractivity contribution is -0.349. The molecule has 0 radical (unpaired) electrons. The van der Waals surface area contributed by atoms with E-state index in [9.17, 15) is 0 Å². The molecule has 0 aromatic heterocycles. The number of nitrogens with zero attached hydrogens (tertiary/aromatic N) is 1. The smallest absolute Gasteiger partial charge is 0.213 e. The van der Waals surface area contributed by atoms with E-state index in [1.807, 2.05) is 0 Å². The highest BCUT2D eigenvalue weighted by Gasteiger charge is 2.41. The van der Waals surface area contributed by atoms with Crippen molar-refractivity contribution < 1.29 is 4.58 Å². The topological polar surface area (TPSA) is 3.01 Å². The van der Waals surface area contributed by atoms with Gasteiger partial charge < -0.3 is 0 Å². The van der Waals surface area contributed by atoms with Crippen molar-refractivity contribution >= 4 is 6.72 Å². The Kier molecular flexibility index (Phi) is 1.83. The van der Waals surface area contributed by atoms with Crippen LogP contribution in [0.5, 0.6) is 0 Å². The molecule has 0 aromatic rings. The summed E-state index contributed by atoms with van der Waals surface area (Å²) in [6.07, 6.45) is 12.6. The lowest BCUT2D eigenvalue weighted by Crippen LogP contribution is -2.30. The van der Waals surface area contributed by atoms with Gasteiger partial charge >= 0.3 is 0 Å². The minimum atomic E-state index is 0.775. The molecule has 1 nitrogen and oxygen atoms in total. The van der Waals surface area contributed by atoms with Gasteiger partial charge in [-0.05, 0) is 37.5 Å². The van der Waals surface area contributed by atoms with Crippen LogP contribution in [0, 0.1) is 5.41 Å². The van der Waals surface area contributed by atoms with Crippen LogP contribution in [0.2, 0.25) is 0 Å². The summed E-state index contributed by atoms with van der Waals surface area (Å²) in [5.41, 5.74) is 2.50. The third-order valence-corrected chi connectivity index (χ3v) is 4.54. The van der Waals surface area contributed by atoms with Crippen LogP contribution in [0.15, 0.2) is 11.6 Å². The molecule has 1 unspecified atom stereocenters. The predicted molar refractivity (Wildman–Crippen MR) is 58.9 cm³/mol. The molecule has 3 rings (SSSR count). The Bertz CT molecular complexity index is 296. The maximum absolute atomic E-state index is 3.96. The molecule has 0 aromatic carbocycles. The van der Waals surface area contributed by atoms with Crippen LogP contribution < -0.4 is 0 Å². The molecular weight excluding hydrogens is 170 g/mol. The molecule has 1 heterocycles. The van der Waals surface area contributed by atoms with Gasteiger partial charge in [-0.2, -0.15) is 0 Å². The molecule has 2 fully saturated rings. The molecular formula is C13H20N+. The minimum absolute atomic E-state index is 0.775. The molecule has 1 saturated carbocycles. The molecule has 0 bridgehead atoms. The first-order chi connectivity index (χ1) is 6.77. The van der Waals surface area contributed by atoms with Crippen molar-refractivity contribution in [3.63, 3.8) is 0 Å². The summed E-state index contributed by atoms with van der Waals surface area (Å²) < 4.78 is 2.20. The van der Waals surface area contributed by atoms with E-state index < -0.39 is 0 Å². The molecule has 1 saturated heterocycles. The van der Waals surface area contributed by atoms with Crippen molar-refractivity contribution in [1.82, 2.24) is 0 Å². The van der Waals surface area contributed by atoms with Crippen LogP contribution in [0.1, 0.15) is 44.9 Å². The van der Waals surface area contributed by atoms with Crippen LogP contribution in [-0.2, 0) is 0 Å². The van der Waals surface area contributed by atoms with Gasteiger partial charge in [-0.3, -0.25) is 0 Å². The molecule has 14 heavy (non-hydrogen) atoms. The zero-order valence-electron chi connectivity index (χ0n) is 8.97. The number of allylic oxidation sites excluding steroid dienone is 1. The fourth-order valence-electron chi connectivity index (χ4n) is 3.03. The lowest BCUT2D eigenvalue weighted by Gasteiger charge is -2.44. The molecule has 1 heteroatoms. The predicted octanol–water partition coefficient (Wildman–Crippen LogP) is 2.75. The van der Waals surface area contributed by atoms with Crippen molar-refractivity contribution in [2.75, 3.05) is 6.54 Å². The van der Waals surface area contributed by atoms with E-state index in [2.05, 4.69) is 17.4 Å². The van der Waals surface area contributed by atoms with Crippen molar-refractivity contribution in [3.8, 4) is 0 Å². The second-order valence-corrected chi connectivity index (χ2v) is 5.55. The third kappa shape index (κ3) is 1.43. The third-order valence-electron chi connectivity index (χ3n) is 4.54. The van der Waals surface area contributed by atoms with Crippen molar-refractivity contribution in [2.45, 2.75) is 51.0 Å². The van der Waals surface area contributed by atoms with E-state index in [0.717, 1.165) is 11.5 Å². The summed E-state index contributed by atoms with van der Waals surface area (Å²) in [4.78, 5) is 0. The van der Waals surface area contributed by atoms with Gasteiger partial charge in [0.1, 0.15) is 6.72 Å². The van der Waals surface area contributed by atoms with Gasteiger partial charge in [0.2, 0.25) is 12.6 Å². The Balaban J connectivity index is 1.58. The summed E-state index contributed by atoms with van der Waals surface area (Å²) in [6, 6.07) is 0.789. The summed E-state index contributed by atoms with van der Waals surface area (Å²) in [5.74, 6) is 0. The van der Waals surface area contributed by atoms with Gasteiger partial charge in [-0.25, -0.2) is 4.58 Å². The van der Waals surface area contributed by atoms with Crippen molar-refractivity contribution in [2.24, 2.45) is 5.41 Å². The van der Waals surface area contributed by atoms with Gasteiger partial charge in [0.05, 0.1) is 0 Å². The van der Waals surface area contributed by atoms with E-state index in [0.29, 0.717) is 0 Å². The Morgan fingerprint density at radius 3 is 2.64 bits per heavy atom. The Morgan fingerprint density at radius 2 is 2.21 bits per heavy atom. The first-order valence-corrected chi connectivity index (χ1v) is 6.03. The molecule has 1 atom stereocenters. The molecule has 2 aliphatic carbocycles. The van der Waals surface area contributed by atoms with E-state index in [1.165, 1.54) is 51.5 Å². The second kappa shape index (κ2) is 2.95. The molecule has 76 valence electrons. The zero-order chi connectivity index (χ0) is 9.60. The first kappa shape index (κ1) is 8.70. The SMILES string of the molecule is C=[N+]1CC1CC1=CCC2(CCC2)CC1. The van der Waals surface area contributed by atoms with E-state index in [4.69, 9.17) is 0 Å². The van der Waals surface area contributed by atoms with E-state index in [-0.39, 0.29) is 0 Å². The standard InChI is InChI=1S/C13H20N/c1-14-10-12(14)9-11-3-7-13(8-4-11)5-2-6-13/h3,12H,1-2,4-10H2/q+1. The average molecular weight is 190 g/mol. The van der Waals surface area contributed by atoms with Crippen LogP contribution >= 0.6 is 0 Å². The Hall–Kier alpha value is -0.590. The molecule has 3 aliphatic rings. The highest BCUT2D eigenvalue weighted by molar-refractivity contribution is 5.19. The number of hydrogen-bond acceptors (Lipinski definition) is 0. The van der Waals surface area contributed by atoms with Gasteiger partial charge in [-0.1, -0.05) is 18.1 Å². The maximum atomic E-state index is 3.96. The molecule has 0 N–H and O–H groups in total. The second-order valence-electron chi connectivity index (χ2n) is 5.55. The fraction of sp³-hybridized carbons (Fsp3) is 0.769. The van der Waals surface area contributed by atoms with Gasteiger partial charge in [0.25, 0.3) is 0 Å². The van der Waals surface area contributed by atoms with Crippen molar-refractivity contribution in [1.29, 1.82) is 0 Å². The van der Waals surface area contributed by atoms with E-state index >= 15 is 0 Å². The summed E-state index contributed by atoms with van der Waals surface area (Å²) >= 11 is 0. The quantitative estimate of drug-likeness (QED) is 0.358. The summed E-state index contributed by atoms with van der Waals surface area (Å²) in [6.45, 7) is 5.18. The zero-order valence-corrected chi connectivity index (χ0v) is 8.97. The van der Waals surface area contributed by atoms with Crippen LogP contribution in [0.25, 0.3) is 0 Å². The number of hydrogen-bond donors (Lipinski definition) is 0. The van der Waals surface area contributed by atoms with Crippen molar-refractivity contribution in [3.05, 3.63) is 11.6 Å². The Labute approximate surface area is 86.5 Å². The van der Waals surface area contributed by atoms with E-state index in [1.54, 1.807) is 5.57 Å². The van der Waals surface area contributed by atoms with Crippen LogP contribution in [-0.4, -0.2) is 23.9 Å². The molecule has 1 spiro atoms. The largest absolute Gasteiger partial charge is 0.226 e. The monoisotopic (exact) mass is 190 g/mol. The molecule has 0 amide bonds. The van der Waals surface area contributed by atoms with Crippen LogP contribution in [0.3, 0.4) is 0 Å². The molecule has 1 aliphatic heterocycles. The Morgan fingerprint density at radius 1 is 1.43 bits per heavy atom. The normalized spacial score (nSPS) is 33.9. The summed E-state index contributed by atoms with van der Waals surface area (Å²) in [7, 11) is 0. The number of rotatable bonds is 2. The first-order valence-electron chi connectivity index (χ1n) is 6.03. The average Bonchev–Trinajstić information content (AvgIpc) is 2.81. The van der Waals surface area contributed by atoms with Gasteiger partial charge in [0, 0.05) is 6.42 Å². The minimum Gasteiger partial charge on any atom is -0.226 e. The highest BCUT2D eigenvalue weighted by atomic mass is 15.2. The fourth-order valence-corrected chi connectivity index (χ4v) is 3.03. The highest BCUT2D eigenvalue weighted by Crippen LogP contribution is 2.51. The summed E-state index contributed by atoms with van der Waals surface area (Å²) in [5, 5.41) is 0. The van der Waals surface area contributed by atoms with Gasteiger partial charge in [0.15, 0.2) is 0 Å².